The lowest BCUT2D eigenvalue weighted by Crippen LogP contribution is -2.53. The molecule has 8 heteroatoms. The third kappa shape index (κ3) is 4.71. The van der Waals surface area contributed by atoms with E-state index >= 15 is 0 Å². The fraction of sp³-hybridized carbons (Fsp3) is 0.400. The molecule has 3 aliphatic rings. The van der Waals surface area contributed by atoms with Gasteiger partial charge < -0.3 is 18.9 Å². The van der Waals surface area contributed by atoms with Crippen molar-refractivity contribution in [2.75, 3.05) is 26.4 Å². The number of carbonyl (C=O) groups is 4. The van der Waals surface area contributed by atoms with Crippen LogP contribution in [-0.4, -0.2) is 50.3 Å². The van der Waals surface area contributed by atoms with Gasteiger partial charge in [0.05, 0.1) is 50.1 Å². The molecule has 0 spiro atoms. The first-order valence-electron chi connectivity index (χ1n) is 17.1. The molecule has 0 saturated heterocycles. The maximum atomic E-state index is 13.7. The smallest absolute Gasteiger partial charge is 0.310 e. The minimum absolute atomic E-state index is 0.194. The fourth-order valence-electron chi connectivity index (χ4n) is 9.05. The Labute approximate surface area is 279 Å². The van der Waals surface area contributed by atoms with Gasteiger partial charge in [-0.1, -0.05) is 72.8 Å². The van der Waals surface area contributed by atoms with Crippen LogP contribution < -0.4 is 0 Å². The quantitative estimate of drug-likeness (QED) is 0.152. The molecule has 3 aliphatic carbocycles. The van der Waals surface area contributed by atoms with Crippen molar-refractivity contribution < 1.29 is 38.1 Å². The number of benzene rings is 4. The van der Waals surface area contributed by atoms with E-state index in [1.165, 1.54) is 0 Å². The molecule has 0 N–H and O–H groups in total. The standard InChI is InChI=1S/C40H40O8/c1-5-45-37(41)33-29-25-17-9-14-22-21(25)13-10-19-27(22)31-32(36(40(44)48-8-4)35(31)39(43)47-7-3)28-20-12-15-23-24(28)16-11-18-26(23)30(29)34(33)38(42)46-6-2/h9-20,29-36H,5-8H2,1-4H3/t29-,30+,31-,32+,33+,34-,35+,36-. The zero-order valence-electron chi connectivity index (χ0n) is 27.6. The van der Waals surface area contributed by atoms with Crippen molar-refractivity contribution in [3.05, 3.63) is 95.1 Å². The lowest BCUT2D eigenvalue weighted by Gasteiger charge is -2.52. The number of esters is 4. The van der Waals surface area contributed by atoms with E-state index in [-0.39, 0.29) is 50.1 Å². The summed E-state index contributed by atoms with van der Waals surface area (Å²) >= 11 is 0. The fourth-order valence-corrected chi connectivity index (χ4v) is 9.05. The third-order valence-electron chi connectivity index (χ3n) is 10.7. The molecule has 8 atom stereocenters. The van der Waals surface area contributed by atoms with E-state index in [0.717, 1.165) is 43.8 Å². The Morgan fingerprint density at radius 2 is 0.604 bits per heavy atom. The van der Waals surface area contributed by atoms with Gasteiger partial charge in [-0.2, -0.15) is 0 Å². The molecule has 8 bridgehead atoms. The van der Waals surface area contributed by atoms with E-state index in [2.05, 4.69) is 0 Å². The number of hydrogen-bond acceptors (Lipinski definition) is 8. The van der Waals surface area contributed by atoms with Crippen molar-refractivity contribution in [1.82, 2.24) is 0 Å². The molecule has 2 saturated carbocycles. The Morgan fingerprint density at radius 3 is 0.792 bits per heavy atom. The summed E-state index contributed by atoms with van der Waals surface area (Å²) in [5.74, 6) is -6.19. The summed E-state index contributed by atoms with van der Waals surface area (Å²) in [6.07, 6.45) is 0. The first-order chi connectivity index (χ1) is 23.4. The van der Waals surface area contributed by atoms with Gasteiger partial charge in [-0.25, -0.2) is 0 Å². The second-order valence-corrected chi connectivity index (χ2v) is 12.8. The van der Waals surface area contributed by atoms with Gasteiger partial charge in [0, 0.05) is 23.7 Å². The van der Waals surface area contributed by atoms with Gasteiger partial charge in [-0.05, 0) is 71.5 Å². The van der Waals surface area contributed by atoms with Gasteiger partial charge in [0.1, 0.15) is 0 Å². The lowest BCUT2D eigenvalue weighted by atomic mass is 9.50. The van der Waals surface area contributed by atoms with Crippen LogP contribution in [0.5, 0.6) is 0 Å². The van der Waals surface area contributed by atoms with Crippen LogP contribution in [0.25, 0.3) is 21.5 Å². The van der Waals surface area contributed by atoms with Crippen molar-refractivity contribution in [1.29, 1.82) is 0 Å². The minimum Gasteiger partial charge on any atom is -0.466 e. The Bertz CT molecular complexity index is 1650. The van der Waals surface area contributed by atoms with Crippen LogP contribution in [0.15, 0.2) is 72.8 Å². The van der Waals surface area contributed by atoms with Crippen LogP contribution in [0, 0.1) is 23.7 Å². The van der Waals surface area contributed by atoms with E-state index in [1.54, 1.807) is 27.7 Å². The molecule has 0 amide bonds. The molecule has 0 heterocycles. The lowest BCUT2D eigenvalue weighted by molar-refractivity contribution is -0.171. The molecule has 4 aromatic rings. The average molecular weight is 649 g/mol. The molecular weight excluding hydrogens is 608 g/mol. The summed E-state index contributed by atoms with van der Waals surface area (Å²) in [7, 11) is 0. The van der Waals surface area contributed by atoms with Gasteiger partial charge in [-0.15, -0.1) is 0 Å². The summed E-state index contributed by atoms with van der Waals surface area (Å²) in [4.78, 5) is 55.0. The highest BCUT2D eigenvalue weighted by Gasteiger charge is 2.62. The third-order valence-corrected chi connectivity index (χ3v) is 10.7. The van der Waals surface area contributed by atoms with Gasteiger partial charge in [0.15, 0.2) is 0 Å². The molecule has 248 valence electrons. The maximum Gasteiger partial charge on any atom is 0.310 e. The Hall–Kier alpha value is -4.72. The molecule has 48 heavy (non-hydrogen) atoms. The predicted molar refractivity (Wildman–Crippen MR) is 179 cm³/mol. The number of ether oxygens (including phenoxy) is 4. The van der Waals surface area contributed by atoms with E-state index < -0.39 is 47.5 Å². The van der Waals surface area contributed by atoms with E-state index in [1.807, 2.05) is 72.8 Å². The van der Waals surface area contributed by atoms with Gasteiger partial charge in [-0.3, -0.25) is 19.2 Å². The number of hydrogen-bond donors (Lipinski definition) is 0. The molecule has 0 radical (unpaired) electrons. The average Bonchev–Trinajstić information content (AvgIpc) is 3.04. The molecule has 0 aliphatic heterocycles. The molecular formula is C40H40O8. The Kier molecular flexibility index (Phi) is 8.44. The summed E-state index contributed by atoms with van der Waals surface area (Å²) < 4.78 is 22.4. The first-order valence-corrected chi connectivity index (χ1v) is 17.1. The van der Waals surface area contributed by atoms with E-state index in [0.29, 0.717) is 0 Å². The second kappa shape index (κ2) is 12.7. The molecule has 0 aromatic heterocycles. The minimum atomic E-state index is -0.749. The molecule has 8 nitrogen and oxygen atoms in total. The summed E-state index contributed by atoms with van der Waals surface area (Å²) in [6.45, 7) is 7.84. The highest BCUT2D eigenvalue weighted by atomic mass is 16.5. The molecule has 0 unspecified atom stereocenters. The summed E-state index contributed by atoms with van der Waals surface area (Å²) in [5.41, 5.74) is 3.71. The maximum absolute atomic E-state index is 13.7. The number of rotatable bonds is 8. The molecule has 4 aromatic carbocycles. The van der Waals surface area contributed by atoms with Crippen LogP contribution in [0.2, 0.25) is 0 Å². The summed E-state index contributed by atoms with van der Waals surface area (Å²) in [6, 6.07) is 24.1. The number of carbonyl (C=O) groups excluding carboxylic acids is 4. The molecule has 2 fully saturated rings. The van der Waals surface area contributed by atoms with Crippen molar-refractivity contribution in [2.45, 2.75) is 51.4 Å². The second-order valence-electron chi connectivity index (χ2n) is 12.8. The van der Waals surface area contributed by atoms with Crippen molar-refractivity contribution >= 4 is 45.4 Å². The van der Waals surface area contributed by atoms with Crippen LogP contribution in [0.4, 0.5) is 0 Å². The van der Waals surface area contributed by atoms with Gasteiger partial charge in [0.25, 0.3) is 0 Å². The predicted octanol–water partition coefficient (Wildman–Crippen LogP) is 6.79. The Balaban J connectivity index is 1.55. The zero-order valence-corrected chi connectivity index (χ0v) is 27.6. The monoisotopic (exact) mass is 648 g/mol. The largest absolute Gasteiger partial charge is 0.466 e. The number of fused-ring (bicyclic) bond motifs is 6. The SMILES string of the molecule is CCOC(=O)[C@@H]1[C@H](C(=O)OCC)[C@H]2c3cccc4c(cccc34)[C@@H]3[C@@H](C(=O)OCC)[C@@H](C(=O)OCC)[C@@H]3c3cccc4c(cccc34)[C@@H]12. The van der Waals surface area contributed by atoms with Crippen LogP contribution >= 0.6 is 0 Å². The topological polar surface area (TPSA) is 105 Å². The van der Waals surface area contributed by atoms with Crippen molar-refractivity contribution in [3.8, 4) is 0 Å². The van der Waals surface area contributed by atoms with E-state index in [9.17, 15) is 19.2 Å². The van der Waals surface area contributed by atoms with Gasteiger partial charge in [0.2, 0.25) is 0 Å². The van der Waals surface area contributed by atoms with Crippen LogP contribution in [-0.2, 0) is 38.1 Å². The Morgan fingerprint density at radius 1 is 0.396 bits per heavy atom. The summed E-state index contributed by atoms with van der Waals surface area (Å²) in [5, 5.41) is 3.72. The first kappa shape index (κ1) is 31.9. The zero-order chi connectivity index (χ0) is 33.7. The highest BCUT2D eigenvalue weighted by molar-refractivity contribution is 5.98. The van der Waals surface area contributed by atoms with Crippen molar-refractivity contribution in [3.63, 3.8) is 0 Å². The molecule has 7 rings (SSSR count). The van der Waals surface area contributed by atoms with Crippen LogP contribution in [0.1, 0.15) is 73.6 Å². The highest BCUT2D eigenvalue weighted by Crippen LogP contribution is 2.64. The normalized spacial score (nSPS) is 26.6. The van der Waals surface area contributed by atoms with E-state index in [4.69, 9.17) is 18.9 Å². The van der Waals surface area contributed by atoms with Crippen LogP contribution in [0.3, 0.4) is 0 Å². The van der Waals surface area contributed by atoms with Crippen molar-refractivity contribution in [2.24, 2.45) is 23.7 Å². The van der Waals surface area contributed by atoms with Gasteiger partial charge >= 0.3 is 23.9 Å².